The second-order valence-corrected chi connectivity index (χ2v) is 4.37. The summed E-state index contributed by atoms with van der Waals surface area (Å²) in [6.07, 6.45) is 4.62. The van der Waals surface area contributed by atoms with Gasteiger partial charge in [0.25, 0.3) is 0 Å². The molecule has 0 fully saturated rings. The Labute approximate surface area is 89.5 Å². The maximum atomic E-state index is 2.32. The number of hydrogen-bond donors (Lipinski definition) is 0. The molecular weight excluding hydrogens is 333 g/mol. The van der Waals surface area contributed by atoms with Crippen LogP contribution in [0.1, 0.15) is 13.8 Å². The van der Waals surface area contributed by atoms with Crippen LogP contribution in [-0.2, 0) is 24.4 Å². The average Bonchev–Trinajstić information content (AvgIpc) is 1.85. The van der Waals surface area contributed by atoms with E-state index in [2.05, 4.69) is 26.0 Å². The predicted octanol–water partition coefficient (Wildman–Crippen LogP) is -3.98. The molecule has 1 aliphatic carbocycles. The fourth-order valence-electron chi connectivity index (χ4n) is 0.909. The largest absolute Gasteiger partial charge is 1.00 e. The van der Waals surface area contributed by atoms with Crippen molar-refractivity contribution in [2.45, 2.75) is 13.8 Å². The minimum Gasteiger partial charge on any atom is -1.00 e. The number of hydrogen-bond acceptors (Lipinski definition) is 0. The molecule has 3 heteroatoms. The fourth-order valence-corrected chi connectivity index (χ4v) is 2.03. The smallest absolute Gasteiger partial charge is 1.00 e. The van der Waals surface area contributed by atoms with Gasteiger partial charge in [0.15, 0.2) is 0 Å². The first-order valence-corrected chi connectivity index (χ1v) is 4.61. The summed E-state index contributed by atoms with van der Waals surface area (Å²) in [5.74, 6) is 0.752. The molecule has 0 saturated heterocycles. The number of allylic oxidation sites excluding steroid dienone is 4. The summed E-state index contributed by atoms with van der Waals surface area (Å²) in [6.45, 7) is 4.43. The van der Waals surface area contributed by atoms with Crippen molar-refractivity contribution in [1.82, 2.24) is 0 Å². The first-order chi connectivity index (χ1) is 3.70. The molecule has 1 aliphatic rings. The van der Waals surface area contributed by atoms with E-state index < -0.39 is 0 Å². The van der Waals surface area contributed by atoms with Crippen molar-refractivity contribution >= 4 is 0 Å². The molecule has 0 bridgehead atoms. The molecule has 0 radical (unpaired) electrons. The van der Waals surface area contributed by atoms with Crippen LogP contribution in [0.15, 0.2) is 21.1 Å². The molecule has 0 N–H and O–H groups in total. The summed E-state index contributed by atoms with van der Waals surface area (Å²) in [4.78, 5) is 0. The monoisotopic (exact) mass is 343 g/mol. The van der Waals surface area contributed by atoms with Crippen molar-refractivity contribution in [2.75, 3.05) is 0 Å². The van der Waals surface area contributed by atoms with E-state index in [9.17, 15) is 0 Å². The van der Waals surface area contributed by atoms with Gasteiger partial charge in [0, 0.05) is 0 Å². The Hall–Kier alpha value is 0.930. The van der Waals surface area contributed by atoms with Gasteiger partial charge in [0.05, 0.1) is 0 Å². The van der Waals surface area contributed by atoms with E-state index in [0.717, 1.165) is 5.92 Å². The second-order valence-electron chi connectivity index (χ2n) is 2.30. The molecule has 0 nitrogen and oxygen atoms in total. The topological polar surface area (TPSA) is 0 Å². The van der Waals surface area contributed by atoms with Crippen LogP contribution >= 0.6 is 0 Å². The second kappa shape index (κ2) is 5.56. The van der Waals surface area contributed by atoms with Gasteiger partial charge in [-0.1, -0.05) is 0 Å². The average molecular weight is 343 g/mol. The standard InChI is InChI=1S/C7H9.2ClH.Hf/c1-6-3-4-7(2)5-6;;;/h3,5,7H,1-2H3;2*1H;/q;;;+2/p-2. The van der Waals surface area contributed by atoms with Crippen molar-refractivity contribution in [3.05, 3.63) is 21.1 Å². The van der Waals surface area contributed by atoms with E-state index in [1.54, 1.807) is 3.33 Å². The van der Waals surface area contributed by atoms with Crippen LogP contribution in [-0.4, -0.2) is 0 Å². The molecule has 0 aromatic rings. The Balaban J connectivity index is 0. The zero-order chi connectivity index (χ0) is 6.15. The quantitative estimate of drug-likeness (QED) is 0.394. The maximum absolute atomic E-state index is 2.32. The minimum absolute atomic E-state index is 0. The van der Waals surface area contributed by atoms with Gasteiger partial charge in [0.1, 0.15) is 0 Å². The molecular formula is C7H9Cl2Hf. The van der Waals surface area contributed by atoms with E-state index in [0.29, 0.717) is 0 Å². The zero-order valence-corrected chi connectivity index (χ0v) is 11.1. The van der Waals surface area contributed by atoms with Crippen LogP contribution in [0.3, 0.4) is 0 Å². The molecule has 1 unspecified atom stereocenters. The van der Waals surface area contributed by atoms with Crippen molar-refractivity contribution in [1.29, 1.82) is 0 Å². The summed E-state index contributed by atoms with van der Waals surface area (Å²) in [7, 11) is 0. The molecule has 0 saturated carbocycles. The SMILES string of the molecule is CC1=CC(C)[C]([Hf+2])=C1.[Cl-].[Cl-]. The Morgan fingerprint density at radius 2 is 1.90 bits per heavy atom. The van der Waals surface area contributed by atoms with Crippen LogP contribution in [0.25, 0.3) is 0 Å². The van der Waals surface area contributed by atoms with Crippen LogP contribution in [0, 0.1) is 5.92 Å². The first-order valence-electron chi connectivity index (χ1n) is 2.82. The normalized spacial score (nSPS) is 22.2. The van der Waals surface area contributed by atoms with E-state index in [1.807, 2.05) is 0 Å². The molecule has 0 spiro atoms. The van der Waals surface area contributed by atoms with Crippen LogP contribution < -0.4 is 24.8 Å². The first kappa shape index (κ1) is 13.5. The van der Waals surface area contributed by atoms with Crippen LogP contribution in [0.5, 0.6) is 0 Å². The molecule has 0 aliphatic heterocycles. The van der Waals surface area contributed by atoms with Gasteiger partial charge in [-0.25, -0.2) is 0 Å². The Kier molecular flexibility index (Phi) is 7.52. The van der Waals surface area contributed by atoms with Gasteiger partial charge in [-0.3, -0.25) is 0 Å². The van der Waals surface area contributed by atoms with E-state index in [4.69, 9.17) is 0 Å². The maximum Gasteiger partial charge on any atom is -1.00 e. The van der Waals surface area contributed by atoms with Crippen LogP contribution in [0.2, 0.25) is 0 Å². The Bertz CT molecular complexity index is 161. The number of halogens is 2. The fraction of sp³-hybridized carbons (Fsp3) is 0.429. The third kappa shape index (κ3) is 3.36. The van der Waals surface area contributed by atoms with Crippen LogP contribution in [0.4, 0.5) is 0 Å². The van der Waals surface area contributed by atoms with Gasteiger partial charge >= 0.3 is 65.2 Å². The molecule has 10 heavy (non-hydrogen) atoms. The molecule has 1 atom stereocenters. The number of rotatable bonds is 0. The van der Waals surface area contributed by atoms with Crippen molar-refractivity contribution in [3.8, 4) is 0 Å². The van der Waals surface area contributed by atoms with Gasteiger partial charge in [-0.15, -0.1) is 0 Å². The summed E-state index contributed by atoms with van der Waals surface area (Å²) >= 11 is 1.23. The van der Waals surface area contributed by atoms with E-state index >= 15 is 0 Å². The summed E-state index contributed by atoms with van der Waals surface area (Å²) in [5, 5.41) is 0. The molecule has 0 amide bonds. The molecule has 1 rings (SSSR count). The molecule has 0 aromatic carbocycles. The van der Waals surface area contributed by atoms with Crippen molar-refractivity contribution < 1.29 is 49.2 Å². The summed E-state index contributed by atoms with van der Waals surface area (Å²) in [6, 6.07) is 0. The van der Waals surface area contributed by atoms with Gasteiger partial charge < -0.3 is 24.8 Å². The van der Waals surface area contributed by atoms with Gasteiger partial charge in [-0.2, -0.15) is 0 Å². The van der Waals surface area contributed by atoms with E-state index in [-0.39, 0.29) is 24.8 Å². The predicted molar refractivity (Wildman–Crippen MR) is 31.0 cm³/mol. The summed E-state index contributed by atoms with van der Waals surface area (Å²) in [5.41, 5.74) is 1.45. The molecule has 0 aromatic heterocycles. The molecule has 0 heterocycles. The van der Waals surface area contributed by atoms with Crippen molar-refractivity contribution in [2.24, 2.45) is 5.92 Å². The Morgan fingerprint density at radius 3 is 2.00 bits per heavy atom. The van der Waals surface area contributed by atoms with E-state index in [1.165, 1.54) is 29.9 Å². The third-order valence-corrected chi connectivity index (χ3v) is 3.54. The van der Waals surface area contributed by atoms with Gasteiger partial charge in [0.2, 0.25) is 0 Å². The third-order valence-electron chi connectivity index (χ3n) is 1.39. The van der Waals surface area contributed by atoms with Crippen molar-refractivity contribution in [3.63, 3.8) is 0 Å². The minimum atomic E-state index is 0. The summed E-state index contributed by atoms with van der Waals surface area (Å²) < 4.78 is 1.63. The molecule has 55 valence electrons. The van der Waals surface area contributed by atoms with Gasteiger partial charge in [-0.05, 0) is 0 Å². The zero-order valence-electron chi connectivity index (χ0n) is 5.99. The Morgan fingerprint density at radius 1 is 1.40 bits per heavy atom.